The average molecular weight is 767 g/mol. The minimum atomic E-state index is -6.25. The molecule has 1 heterocycles. The Hall–Kier alpha value is -4.32. The van der Waals surface area contributed by atoms with Crippen molar-refractivity contribution in [2.75, 3.05) is 13.1 Å². The predicted molar refractivity (Wildman–Crippen MR) is 165 cm³/mol. The molecule has 1 atom stereocenters. The molecule has 0 radical (unpaired) electrons. The highest BCUT2D eigenvalue weighted by molar-refractivity contribution is 7.92. The Labute approximate surface area is 291 Å². The van der Waals surface area contributed by atoms with Gasteiger partial charge in [-0.15, -0.1) is 0 Å². The molecule has 5 rings (SSSR count). The van der Waals surface area contributed by atoms with Gasteiger partial charge in [-0.3, -0.25) is 4.79 Å². The molecule has 282 valence electrons. The first-order valence-corrected chi connectivity index (χ1v) is 17.3. The van der Waals surface area contributed by atoms with Gasteiger partial charge in [0.15, 0.2) is 9.84 Å². The van der Waals surface area contributed by atoms with Crippen molar-refractivity contribution >= 4 is 21.8 Å². The van der Waals surface area contributed by atoms with Crippen molar-refractivity contribution in [1.82, 2.24) is 10.2 Å². The molecule has 2 amide bonds. The van der Waals surface area contributed by atoms with Gasteiger partial charge in [0.25, 0.3) is 5.60 Å². The van der Waals surface area contributed by atoms with Gasteiger partial charge in [-0.25, -0.2) is 26.4 Å². The third-order valence-corrected chi connectivity index (χ3v) is 12.2. The van der Waals surface area contributed by atoms with Crippen molar-refractivity contribution in [2.45, 2.75) is 72.3 Å². The standard InChI is InChI=1S/C34H31F9N2O6S/c35-23-10-14-25(15-11-23)52(49,50)31(16-17-45(19-31)30(48)44-24-12-4-20(5-13-24)29(46)47)21-6-8-22(9-7-21)32(33(38,39)40,34(41,42)43)51-18-26-27(36)2-1-3-28(26)37/h1-3,6-11,14-15,20,24H,4-5,12-13,16-19H2,(H,44,48)(H,46,47)/t20-,24+,31-/m0/s1. The number of rotatable bonds is 9. The van der Waals surface area contributed by atoms with Crippen LogP contribution >= 0.6 is 0 Å². The summed E-state index contributed by atoms with van der Waals surface area (Å²) < 4.78 is 160. The minimum Gasteiger partial charge on any atom is -0.481 e. The van der Waals surface area contributed by atoms with Gasteiger partial charge in [0.1, 0.15) is 22.2 Å². The number of benzene rings is 3. The number of hydrogen-bond acceptors (Lipinski definition) is 5. The Morgan fingerprint density at radius 1 is 0.846 bits per heavy atom. The Balaban J connectivity index is 1.53. The molecule has 2 fully saturated rings. The molecule has 1 aliphatic carbocycles. The van der Waals surface area contributed by atoms with Crippen molar-refractivity contribution in [1.29, 1.82) is 0 Å². The van der Waals surface area contributed by atoms with Crippen LogP contribution in [0.1, 0.15) is 48.8 Å². The number of carboxylic acid groups (broad SMARTS) is 1. The van der Waals surface area contributed by atoms with Gasteiger partial charge in [-0.05, 0) is 74.1 Å². The van der Waals surface area contributed by atoms with E-state index in [0.717, 1.165) is 35.2 Å². The number of carbonyl (C=O) groups excluding carboxylic acids is 1. The highest BCUT2D eigenvalue weighted by atomic mass is 32.2. The summed E-state index contributed by atoms with van der Waals surface area (Å²) >= 11 is 0. The van der Waals surface area contributed by atoms with Gasteiger partial charge >= 0.3 is 24.4 Å². The highest BCUT2D eigenvalue weighted by Crippen LogP contribution is 2.54. The summed E-state index contributed by atoms with van der Waals surface area (Å²) in [5, 5.41) is 12.0. The molecule has 0 unspecified atom stereocenters. The van der Waals surface area contributed by atoms with Crippen LogP contribution in [0.25, 0.3) is 0 Å². The lowest BCUT2D eigenvalue weighted by atomic mass is 9.86. The van der Waals surface area contributed by atoms with Crippen molar-refractivity contribution in [2.24, 2.45) is 5.92 Å². The number of likely N-dealkylation sites (tertiary alicyclic amines) is 1. The molecule has 0 spiro atoms. The van der Waals surface area contributed by atoms with Crippen LogP contribution in [0.5, 0.6) is 0 Å². The van der Waals surface area contributed by atoms with Gasteiger partial charge in [-0.1, -0.05) is 30.3 Å². The zero-order valence-electron chi connectivity index (χ0n) is 26.9. The largest absolute Gasteiger partial charge is 0.481 e. The molecular weight excluding hydrogens is 735 g/mol. The molecule has 2 N–H and O–H groups in total. The smallest absolute Gasteiger partial charge is 0.430 e. The number of alkyl halides is 6. The SMILES string of the molecule is O=C(N[C@H]1CC[C@@H](C(=O)O)CC1)N1CC[C@](c2ccc(C(OCc3c(F)cccc3F)(C(F)(F)F)C(F)(F)F)cc2)(S(=O)(=O)c2ccc(F)cc2)C1. The van der Waals surface area contributed by atoms with E-state index in [1.165, 1.54) is 0 Å². The van der Waals surface area contributed by atoms with E-state index in [1.807, 2.05) is 0 Å². The van der Waals surface area contributed by atoms with E-state index >= 15 is 0 Å². The first kappa shape index (κ1) is 38.9. The molecular formula is C34H31F9N2O6S. The summed E-state index contributed by atoms with van der Waals surface area (Å²) in [5.41, 5.74) is -8.21. The number of ether oxygens (including phenoxy) is 1. The normalized spacial score (nSPS) is 21.6. The van der Waals surface area contributed by atoms with Crippen LogP contribution in [-0.4, -0.2) is 61.9 Å². The maximum absolute atomic E-state index is 14.5. The Morgan fingerprint density at radius 3 is 1.92 bits per heavy atom. The third-order valence-electron chi connectivity index (χ3n) is 9.67. The average Bonchev–Trinajstić information content (AvgIpc) is 3.53. The topological polar surface area (TPSA) is 113 Å². The Bertz CT molecular complexity index is 1860. The van der Waals surface area contributed by atoms with Gasteiger partial charge in [0, 0.05) is 30.3 Å². The maximum Gasteiger partial charge on any atom is 0.430 e. The van der Waals surface area contributed by atoms with Crippen LogP contribution in [0.2, 0.25) is 0 Å². The Kier molecular flexibility index (Phi) is 10.7. The number of nitrogens with zero attached hydrogens (tertiary/aromatic N) is 1. The Morgan fingerprint density at radius 2 is 1.40 bits per heavy atom. The summed E-state index contributed by atoms with van der Waals surface area (Å²) in [5.74, 6) is -5.27. The van der Waals surface area contributed by atoms with Gasteiger partial charge < -0.3 is 20.1 Å². The van der Waals surface area contributed by atoms with Crippen molar-refractivity contribution in [3.8, 4) is 0 Å². The number of sulfone groups is 1. The van der Waals surface area contributed by atoms with E-state index in [2.05, 4.69) is 10.1 Å². The van der Waals surface area contributed by atoms with E-state index in [0.29, 0.717) is 49.2 Å². The fraction of sp³-hybridized carbons (Fsp3) is 0.412. The molecule has 0 aromatic heterocycles. The number of aliphatic carboxylic acids is 1. The lowest BCUT2D eigenvalue weighted by molar-refractivity contribution is -0.392. The van der Waals surface area contributed by atoms with Crippen LogP contribution < -0.4 is 5.32 Å². The second-order valence-electron chi connectivity index (χ2n) is 12.7. The maximum atomic E-state index is 14.5. The number of nitrogens with one attached hydrogen (secondary N) is 1. The van der Waals surface area contributed by atoms with Crippen LogP contribution in [0.4, 0.5) is 44.3 Å². The monoisotopic (exact) mass is 766 g/mol. The molecule has 1 saturated carbocycles. The van der Waals surface area contributed by atoms with Crippen molar-refractivity contribution in [3.05, 3.63) is 101 Å². The van der Waals surface area contributed by atoms with E-state index in [-0.39, 0.29) is 31.4 Å². The quantitative estimate of drug-likeness (QED) is 0.174. The van der Waals surface area contributed by atoms with Crippen molar-refractivity contribution in [3.63, 3.8) is 0 Å². The fourth-order valence-corrected chi connectivity index (χ4v) is 8.83. The lowest BCUT2D eigenvalue weighted by Crippen LogP contribution is -2.56. The first-order valence-electron chi connectivity index (χ1n) is 15.8. The van der Waals surface area contributed by atoms with Gasteiger partial charge in [0.2, 0.25) is 0 Å². The minimum absolute atomic E-state index is 0.231. The third kappa shape index (κ3) is 7.06. The molecule has 8 nitrogen and oxygen atoms in total. The molecule has 52 heavy (non-hydrogen) atoms. The number of hydrogen-bond donors (Lipinski definition) is 2. The second kappa shape index (κ2) is 14.2. The van der Waals surface area contributed by atoms with Gasteiger partial charge in [0.05, 0.1) is 17.4 Å². The first-order chi connectivity index (χ1) is 24.2. The summed E-state index contributed by atoms with van der Waals surface area (Å²) in [6.07, 6.45) is -11.7. The van der Waals surface area contributed by atoms with Gasteiger partial charge in [-0.2, -0.15) is 26.3 Å². The number of carbonyl (C=O) groups is 2. The second-order valence-corrected chi connectivity index (χ2v) is 15.0. The van der Waals surface area contributed by atoms with E-state index in [1.54, 1.807) is 0 Å². The zero-order valence-corrected chi connectivity index (χ0v) is 27.7. The van der Waals surface area contributed by atoms with E-state index in [4.69, 9.17) is 0 Å². The molecule has 1 saturated heterocycles. The summed E-state index contributed by atoms with van der Waals surface area (Å²) in [6, 6.07) is 6.58. The highest BCUT2D eigenvalue weighted by Gasteiger charge is 2.73. The van der Waals surface area contributed by atoms with Crippen LogP contribution in [-0.2, 0) is 36.3 Å². The number of carboxylic acids is 1. The zero-order chi connectivity index (χ0) is 38.3. The molecule has 2 aliphatic rings. The molecule has 1 aliphatic heterocycles. The molecule has 3 aromatic rings. The van der Waals surface area contributed by atoms with Crippen molar-refractivity contribution < 1.29 is 67.4 Å². The summed E-state index contributed by atoms with van der Waals surface area (Å²) in [4.78, 5) is 25.3. The number of urea groups is 1. The van der Waals surface area contributed by atoms with Crippen LogP contribution in [0, 0.1) is 23.4 Å². The molecule has 18 heteroatoms. The van der Waals surface area contributed by atoms with Crippen LogP contribution in [0.3, 0.4) is 0 Å². The summed E-state index contributed by atoms with van der Waals surface area (Å²) in [7, 11) is -4.66. The fourth-order valence-electron chi connectivity index (χ4n) is 6.75. The van der Waals surface area contributed by atoms with E-state index < -0.39 is 103 Å². The molecule has 3 aromatic carbocycles. The predicted octanol–water partition coefficient (Wildman–Crippen LogP) is 7.37. The summed E-state index contributed by atoms with van der Waals surface area (Å²) in [6.45, 7) is -2.63. The lowest BCUT2D eigenvalue weighted by Gasteiger charge is -2.38. The van der Waals surface area contributed by atoms with Crippen LogP contribution in [0.15, 0.2) is 71.6 Å². The number of halogens is 9. The van der Waals surface area contributed by atoms with E-state index in [9.17, 15) is 62.6 Å². The molecule has 0 bridgehead atoms. The number of amides is 2.